The van der Waals surface area contributed by atoms with Gasteiger partial charge in [0.1, 0.15) is 0 Å². The zero-order chi connectivity index (χ0) is 6.69. The van der Waals surface area contributed by atoms with Crippen LogP contribution in [0.15, 0.2) is 21.8 Å². The molecule has 3 nitrogen and oxygen atoms in total. The van der Waals surface area contributed by atoms with Gasteiger partial charge in [-0.25, -0.2) is 0 Å². The van der Waals surface area contributed by atoms with E-state index in [1.165, 1.54) is 6.26 Å². The maximum absolute atomic E-state index is 4.53. The topological polar surface area (TPSA) is 38.4 Å². The van der Waals surface area contributed by atoms with Gasteiger partial charge in [-0.05, 0) is 0 Å². The Balaban J connectivity index is 2.80. The fraction of sp³-hybridized carbons (Fsp3) is 0. The van der Waals surface area contributed by atoms with Gasteiger partial charge < -0.3 is 0 Å². The Morgan fingerprint density at radius 2 is 2.44 bits per heavy atom. The van der Waals surface area contributed by atoms with Crippen LogP contribution in [0.3, 0.4) is 0 Å². The molecule has 0 bridgehead atoms. The number of nitrogens with zero attached hydrogens (tertiary/aromatic N) is 2. The van der Waals surface area contributed by atoms with E-state index in [0.717, 1.165) is 3.51 Å². The fourth-order valence-electron chi connectivity index (χ4n) is 0.357. The Morgan fingerprint density at radius 3 is 2.89 bits per heavy atom. The Hall–Kier alpha value is -0.0810. The molecule has 0 saturated heterocycles. The van der Waals surface area contributed by atoms with E-state index in [9.17, 15) is 0 Å². The molecule has 0 aromatic carbocycles. The van der Waals surface area contributed by atoms with E-state index in [-0.39, 0.29) is 0 Å². The minimum atomic E-state index is 0.572. The molecule has 0 saturated carbocycles. The Kier molecular flexibility index (Phi) is 2.48. The molecular weight excluding hydrogens is 250 g/mol. The van der Waals surface area contributed by atoms with Crippen molar-refractivity contribution in [1.29, 1.82) is 0 Å². The number of hydrogen-bond donors (Lipinski definition) is 0. The normalized spacial score (nSPS) is 8.89. The first-order valence-corrected chi connectivity index (χ1v) is 3.83. The molecular formula is C4H2N2OSe2. The number of rotatable bonds is 1. The van der Waals surface area contributed by atoms with Gasteiger partial charge in [0.2, 0.25) is 0 Å². The van der Waals surface area contributed by atoms with Crippen LogP contribution in [0, 0.1) is 0 Å². The third kappa shape index (κ3) is 2.33. The van der Waals surface area contributed by atoms with Crippen LogP contribution in [0.4, 0.5) is 5.82 Å². The zero-order valence-corrected chi connectivity index (χ0v) is 7.70. The van der Waals surface area contributed by atoms with Gasteiger partial charge in [-0.15, -0.1) is 0 Å². The molecule has 0 fully saturated rings. The molecule has 0 N–H and O–H groups in total. The average Bonchev–Trinajstić information content (AvgIpc) is 2.15. The predicted octanol–water partition coefficient (Wildman–Crippen LogP) is -0.000900. The molecule has 0 spiro atoms. The van der Waals surface area contributed by atoms with E-state index in [1.807, 2.05) is 0 Å². The molecule has 2 radical (unpaired) electrons. The third-order valence-corrected chi connectivity index (χ3v) is 1.01. The second-order valence-electron chi connectivity index (χ2n) is 1.24. The summed E-state index contributed by atoms with van der Waals surface area (Å²) in [4.78, 5) is 3.92. The van der Waals surface area contributed by atoms with Crippen molar-refractivity contribution in [2.45, 2.75) is 0 Å². The summed E-state index contributed by atoms with van der Waals surface area (Å²) in [5, 5.41) is 3.55. The molecule has 0 atom stereocenters. The Labute approximate surface area is 68.5 Å². The third-order valence-electron chi connectivity index (χ3n) is 0.630. The van der Waals surface area contributed by atoms with Crippen LogP contribution in [-0.4, -0.2) is 40.7 Å². The molecule has 0 amide bonds. The summed E-state index contributed by atoms with van der Waals surface area (Å²) in [7, 11) is 0. The second kappa shape index (κ2) is 3.18. The minimum absolute atomic E-state index is 0.572. The van der Waals surface area contributed by atoms with Crippen molar-refractivity contribution >= 4 is 41.4 Å². The van der Waals surface area contributed by atoms with Gasteiger partial charge in [-0.2, -0.15) is 0 Å². The number of aromatic nitrogens is 1. The first-order valence-electron chi connectivity index (χ1n) is 2.12. The van der Waals surface area contributed by atoms with Gasteiger partial charge in [-0.3, -0.25) is 0 Å². The molecule has 9 heavy (non-hydrogen) atoms. The molecule has 1 heterocycles. The molecule has 1 aromatic rings. The second-order valence-corrected chi connectivity index (χ2v) is 4.17. The van der Waals surface area contributed by atoms with E-state index in [1.54, 1.807) is 6.07 Å². The van der Waals surface area contributed by atoms with Crippen LogP contribution in [0.2, 0.25) is 0 Å². The van der Waals surface area contributed by atoms with Crippen molar-refractivity contribution in [2.24, 2.45) is 4.99 Å². The van der Waals surface area contributed by atoms with Crippen LogP contribution < -0.4 is 0 Å². The van der Waals surface area contributed by atoms with Crippen molar-refractivity contribution in [3.8, 4) is 0 Å². The van der Waals surface area contributed by atoms with Crippen LogP contribution >= 0.6 is 0 Å². The van der Waals surface area contributed by atoms with E-state index < -0.39 is 0 Å². The van der Waals surface area contributed by atoms with Crippen molar-refractivity contribution in [2.75, 3.05) is 0 Å². The molecule has 1 aromatic heterocycles. The average molecular weight is 252 g/mol. The van der Waals surface area contributed by atoms with Crippen molar-refractivity contribution < 1.29 is 4.52 Å². The summed E-state index contributed by atoms with van der Waals surface area (Å²) >= 11 is 5.38. The van der Waals surface area contributed by atoms with Gasteiger partial charge in [0.15, 0.2) is 0 Å². The van der Waals surface area contributed by atoms with E-state index in [0.29, 0.717) is 5.82 Å². The quantitative estimate of drug-likeness (QED) is 0.521. The molecule has 1 rings (SSSR count). The summed E-state index contributed by atoms with van der Waals surface area (Å²) in [6.07, 6.45) is 1.47. The summed E-state index contributed by atoms with van der Waals surface area (Å²) in [5.41, 5.74) is 0. The van der Waals surface area contributed by atoms with E-state index >= 15 is 0 Å². The van der Waals surface area contributed by atoms with Gasteiger partial charge >= 0.3 is 68.4 Å². The number of aliphatic imine (C=N–C) groups is 1. The van der Waals surface area contributed by atoms with Crippen LogP contribution in [0.1, 0.15) is 0 Å². The van der Waals surface area contributed by atoms with Gasteiger partial charge in [0.25, 0.3) is 0 Å². The van der Waals surface area contributed by atoms with Gasteiger partial charge in [-0.1, -0.05) is 0 Å². The van der Waals surface area contributed by atoms with Crippen LogP contribution in [0.25, 0.3) is 0 Å². The SMILES string of the molecule is [Se]C([Se])=Nc1ccon1. The molecule has 0 unspecified atom stereocenters. The monoisotopic (exact) mass is 254 g/mol. The van der Waals surface area contributed by atoms with Crippen molar-refractivity contribution in [1.82, 2.24) is 5.16 Å². The maximum atomic E-state index is 4.53. The molecule has 5 heteroatoms. The molecule has 46 valence electrons. The van der Waals surface area contributed by atoms with Crippen molar-refractivity contribution in [3.05, 3.63) is 12.3 Å². The first kappa shape index (κ1) is 7.03. The standard InChI is InChI=1S/C4H2N2OSe2/c8-4(9)5-3-1-2-7-6-3/h1-2H. The van der Waals surface area contributed by atoms with Crippen LogP contribution in [-0.2, 0) is 0 Å². The number of hydrogen-bond acceptors (Lipinski definition) is 3. The summed E-state index contributed by atoms with van der Waals surface area (Å²) in [6.45, 7) is 0. The van der Waals surface area contributed by atoms with E-state index in [2.05, 4.69) is 46.7 Å². The Bertz CT molecular complexity index is 202. The predicted molar refractivity (Wildman–Crippen MR) is 35.1 cm³/mol. The van der Waals surface area contributed by atoms with Crippen LogP contribution in [0.5, 0.6) is 0 Å². The summed E-state index contributed by atoms with van der Waals surface area (Å²) in [6, 6.07) is 1.68. The van der Waals surface area contributed by atoms with Gasteiger partial charge in [0.05, 0.1) is 0 Å². The first-order chi connectivity index (χ1) is 4.29. The van der Waals surface area contributed by atoms with E-state index in [4.69, 9.17) is 0 Å². The summed E-state index contributed by atoms with van der Waals surface area (Å²) in [5.74, 6) is 0.572. The zero-order valence-electron chi connectivity index (χ0n) is 4.27. The fourth-order valence-corrected chi connectivity index (χ4v) is 0.750. The molecule has 0 aliphatic heterocycles. The van der Waals surface area contributed by atoms with Crippen molar-refractivity contribution in [3.63, 3.8) is 0 Å². The summed E-state index contributed by atoms with van der Waals surface area (Å²) < 4.78 is 5.26. The molecule has 0 aliphatic rings. The molecule has 0 aliphatic carbocycles. The Morgan fingerprint density at radius 1 is 1.67 bits per heavy atom. The van der Waals surface area contributed by atoms with Gasteiger partial charge in [0, 0.05) is 0 Å².